The number of carbonyl (C=O) groups is 2. The van der Waals surface area contributed by atoms with Gasteiger partial charge in [-0.25, -0.2) is 4.79 Å². The summed E-state index contributed by atoms with van der Waals surface area (Å²) in [4.78, 5) is 25.8. The third-order valence-electron chi connectivity index (χ3n) is 3.56. The minimum absolute atomic E-state index is 0.0310. The first kappa shape index (κ1) is 12.9. The fourth-order valence-corrected chi connectivity index (χ4v) is 2.77. The van der Waals surface area contributed by atoms with E-state index in [1.165, 1.54) is 0 Å². The second-order valence-corrected chi connectivity index (χ2v) is 4.79. The topological polar surface area (TPSA) is 58.6 Å². The van der Waals surface area contributed by atoms with Crippen LogP contribution in [0.4, 0.5) is 0 Å². The number of likely N-dealkylation sites (tertiary alicyclic amines) is 1. The molecule has 2 rings (SSSR count). The number of esters is 1. The quantitative estimate of drug-likeness (QED) is 0.747. The van der Waals surface area contributed by atoms with Gasteiger partial charge in [-0.05, 0) is 25.8 Å². The standard InChI is InChI=1S/C13H20N2O3/c1-4-6-15-7-9-10(12(15)16)8(3)11(14-9)13(17)18-5-2/h9-10,14H,4-7H2,1-3H3. The molecule has 0 bridgehead atoms. The van der Waals surface area contributed by atoms with Gasteiger partial charge in [0.2, 0.25) is 5.91 Å². The van der Waals surface area contributed by atoms with Gasteiger partial charge in [-0.15, -0.1) is 0 Å². The number of rotatable bonds is 4. The SMILES string of the molecule is CCCN1CC2NC(C(=O)OCC)=C(C)C2C1=O. The smallest absolute Gasteiger partial charge is 0.354 e. The van der Waals surface area contributed by atoms with Gasteiger partial charge >= 0.3 is 5.97 Å². The van der Waals surface area contributed by atoms with E-state index in [0.717, 1.165) is 18.5 Å². The van der Waals surface area contributed by atoms with Crippen molar-refractivity contribution in [1.29, 1.82) is 0 Å². The van der Waals surface area contributed by atoms with Crippen LogP contribution in [0.5, 0.6) is 0 Å². The van der Waals surface area contributed by atoms with E-state index < -0.39 is 0 Å². The maximum Gasteiger partial charge on any atom is 0.354 e. The lowest BCUT2D eigenvalue weighted by molar-refractivity contribution is -0.138. The molecule has 5 heteroatoms. The fourth-order valence-electron chi connectivity index (χ4n) is 2.77. The van der Waals surface area contributed by atoms with Crippen LogP contribution in [0.2, 0.25) is 0 Å². The van der Waals surface area contributed by atoms with E-state index in [9.17, 15) is 9.59 Å². The first-order valence-electron chi connectivity index (χ1n) is 6.53. The number of hydrogen-bond donors (Lipinski definition) is 1. The number of carbonyl (C=O) groups excluding carboxylic acids is 2. The van der Waals surface area contributed by atoms with Gasteiger partial charge in [0.15, 0.2) is 0 Å². The highest BCUT2D eigenvalue weighted by atomic mass is 16.5. The van der Waals surface area contributed by atoms with Crippen molar-refractivity contribution in [3.05, 3.63) is 11.3 Å². The molecule has 0 aliphatic carbocycles. The van der Waals surface area contributed by atoms with Crippen molar-refractivity contribution in [2.75, 3.05) is 19.7 Å². The molecule has 1 fully saturated rings. The van der Waals surface area contributed by atoms with E-state index in [1.807, 2.05) is 11.8 Å². The third kappa shape index (κ3) is 1.98. The molecule has 2 heterocycles. The maximum atomic E-state index is 12.2. The predicted octanol–water partition coefficient (Wildman–Crippen LogP) is 0.664. The van der Waals surface area contributed by atoms with Crippen molar-refractivity contribution >= 4 is 11.9 Å². The van der Waals surface area contributed by atoms with Crippen molar-refractivity contribution in [3.63, 3.8) is 0 Å². The second-order valence-electron chi connectivity index (χ2n) is 4.79. The lowest BCUT2D eigenvalue weighted by Gasteiger charge is -2.17. The van der Waals surface area contributed by atoms with Crippen LogP contribution in [0, 0.1) is 5.92 Å². The van der Waals surface area contributed by atoms with E-state index in [-0.39, 0.29) is 23.8 Å². The fraction of sp³-hybridized carbons (Fsp3) is 0.692. The van der Waals surface area contributed by atoms with Crippen molar-refractivity contribution in [2.24, 2.45) is 5.92 Å². The van der Waals surface area contributed by atoms with E-state index in [1.54, 1.807) is 6.92 Å². The summed E-state index contributed by atoms with van der Waals surface area (Å²) in [5, 5.41) is 3.15. The van der Waals surface area contributed by atoms with Crippen molar-refractivity contribution in [2.45, 2.75) is 33.2 Å². The van der Waals surface area contributed by atoms with E-state index in [2.05, 4.69) is 12.2 Å². The van der Waals surface area contributed by atoms with Crippen LogP contribution in [0.3, 0.4) is 0 Å². The zero-order chi connectivity index (χ0) is 13.3. The molecule has 2 unspecified atom stereocenters. The summed E-state index contributed by atoms with van der Waals surface area (Å²) >= 11 is 0. The Hall–Kier alpha value is -1.52. The molecular formula is C13H20N2O3. The van der Waals surface area contributed by atoms with Crippen LogP contribution >= 0.6 is 0 Å². The molecular weight excluding hydrogens is 232 g/mol. The van der Waals surface area contributed by atoms with Gasteiger partial charge in [0, 0.05) is 13.1 Å². The number of amides is 1. The summed E-state index contributed by atoms with van der Waals surface area (Å²) < 4.78 is 4.99. The lowest BCUT2D eigenvalue weighted by atomic mass is 9.98. The van der Waals surface area contributed by atoms with Crippen molar-refractivity contribution in [1.82, 2.24) is 10.2 Å². The normalized spacial score (nSPS) is 26.4. The molecule has 2 atom stereocenters. The van der Waals surface area contributed by atoms with Gasteiger partial charge in [0.1, 0.15) is 5.70 Å². The molecule has 0 radical (unpaired) electrons. The largest absolute Gasteiger partial charge is 0.461 e. The predicted molar refractivity (Wildman–Crippen MR) is 66.6 cm³/mol. The van der Waals surface area contributed by atoms with Gasteiger partial charge in [-0.1, -0.05) is 6.92 Å². The number of fused-ring (bicyclic) bond motifs is 1. The van der Waals surface area contributed by atoms with Crippen LogP contribution < -0.4 is 5.32 Å². The minimum Gasteiger partial charge on any atom is -0.461 e. The Balaban J connectivity index is 2.15. The third-order valence-corrected chi connectivity index (χ3v) is 3.56. The second kappa shape index (κ2) is 5.00. The first-order valence-corrected chi connectivity index (χ1v) is 6.53. The Kier molecular flexibility index (Phi) is 3.59. The molecule has 0 aromatic heterocycles. The molecule has 0 spiro atoms. The van der Waals surface area contributed by atoms with E-state index in [4.69, 9.17) is 4.74 Å². The van der Waals surface area contributed by atoms with E-state index in [0.29, 0.717) is 18.8 Å². The first-order chi connectivity index (χ1) is 8.60. The summed E-state index contributed by atoms with van der Waals surface area (Å²) in [6, 6.07) is 0.0310. The molecule has 2 aliphatic rings. The highest BCUT2D eigenvalue weighted by Crippen LogP contribution is 2.33. The average Bonchev–Trinajstić information content (AvgIpc) is 2.80. The monoisotopic (exact) mass is 252 g/mol. The van der Waals surface area contributed by atoms with Gasteiger partial charge in [-0.3, -0.25) is 4.79 Å². The van der Waals surface area contributed by atoms with E-state index >= 15 is 0 Å². The van der Waals surface area contributed by atoms with Crippen molar-refractivity contribution in [3.8, 4) is 0 Å². The number of ether oxygens (including phenoxy) is 1. The minimum atomic E-state index is -0.348. The van der Waals surface area contributed by atoms with Gasteiger partial charge in [-0.2, -0.15) is 0 Å². The van der Waals surface area contributed by atoms with Crippen LogP contribution in [-0.4, -0.2) is 42.5 Å². The highest BCUT2D eigenvalue weighted by Gasteiger charge is 2.47. The van der Waals surface area contributed by atoms with Crippen LogP contribution in [-0.2, 0) is 14.3 Å². The summed E-state index contributed by atoms with van der Waals surface area (Å²) in [5.41, 5.74) is 1.30. The zero-order valence-corrected chi connectivity index (χ0v) is 11.2. The average molecular weight is 252 g/mol. The Morgan fingerprint density at radius 2 is 2.22 bits per heavy atom. The number of hydrogen-bond acceptors (Lipinski definition) is 4. The van der Waals surface area contributed by atoms with Gasteiger partial charge in [0.05, 0.1) is 18.6 Å². The number of nitrogens with one attached hydrogen (secondary N) is 1. The molecule has 0 aromatic carbocycles. The molecule has 2 aliphatic heterocycles. The molecule has 1 N–H and O–H groups in total. The molecule has 1 amide bonds. The summed E-state index contributed by atoms with van der Waals surface area (Å²) in [6.45, 7) is 7.49. The Morgan fingerprint density at radius 1 is 1.50 bits per heavy atom. The van der Waals surface area contributed by atoms with Crippen LogP contribution in [0.15, 0.2) is 11.3 Å². The summed E-state index contributed by atoms with van der Waals surface area (Å²) in [7, 11) is 0. The molecule has 0 aromatic rings. The lowest BCUT2D eigenvalue weighted by Crippen LogP contribution is -2.33. The van der Waals surface area contributed by atoms with Gasteiger partial charge < -0.3 is 15.0 Å². The Bertz CT molecular complexity index is 403. The Labute approximate surface area is 107 Å². The zero-order valence-electron chi connectivity index (χ0n) is 11.2. The molecule has 1 saturated heterocycles. The summed E-state index contributed by atoms with van der Waals surface area (Å²) in [6.07, 6.45) is 0.957. The Morgan fingerprint density at radius 3 is 2.78 bits per heavy atom. The van der Waals surface area contributed by atoms with Crippen molar-refractivity contribution < 1.29 is 14.3 Å². The number of nitrogens with zero attached hydrogens (tertiary/aromatic N) is 1. The summed E-state index contributed by atoms with van der Waals surface area (Å²) in [5.74, 6) is -0.402. The van der Waals surface area contributed by atoms with Gasteiger partial charge in [0.25, 0.3) is 0 Å². The van der Waals surface area contributed by atoms with Crippen LogP contribution in [0.25, 0.3) is 0 Å². The van der Waals surface area contributed by atoms with Crippen LogP contribution in [0.1, 0.15) is 27.2 Å². The highest BCUT2D eigenvalue weighted by molar-refractivity contribution is 5.94. The molecule has 18 heavy (non-hydrogen) atoms. The molecule has 0 saturated carbocycles. The molecule has 100 valence electrons. The molecule has 5 nitrogen and oxygen atoms in total. The maximum absolute atomic E-state index is 12.2.